The summed E-state index contributed by atoms with van der Waals surface area (Å²) in [5.41, 5.74) is -1.27. The number of hydrogen-bond donors (Lipinski definition) is 2. The zero-order valence-corrected chi connectivity index (χ0v) is 10.5. The number of carbonyl (C=O) groups is 1. The van der Waals surface area contributed by atoms with Crippen LogP contribution in [0.5, 0.6) is 5.75 Å². The predicted molar refractivity (Wildman–Crippen MR) is 64.1 cm³/mol. The van der Waals surface area contributed by atoms with Gasteiger partial charge in [0, 0.05) is 24.2 Å². The normalized spacial score (nSPS) is 17.8. The maximum atomic E-state index is 13.0. The summed E-state index contributed by atoms with van der Waals surface area (Å²) in [6.07, 6.45) is 1.86. The molecule has 0 spiro atoms. The van der Waals surface area contributed by atoms with Crippen molar-refractivity contribution >= 4 is 5.97 Å². The van der Waals surface area contributed by atoms with Crippen LogP contribution >= 0.6 is 0 Å². The van der Waals surface area contributed by atoms with Crippen molar-refractivity contribution in [1.82, 2.24) is 5.32 Å². The Labute approximate surface area is 109 Å². The Hall–Kier alpha value is -1.69. The first-order valence-corrected chi connectivity index (χ1v) is 5.99. The van der Waals surface area contributed by atoms with Crippen LogP contribution in [0.3, 0.4) is 0 Å². The summed E-state index contributed by atoms with van der Waals surface area (Å²) in [5, 5.41) is 12.2. The highest BCUT2D eigenvalue weighted by molar-refractivity contribution is 5.78. The second kappa shape index (κ2) is 5.13. The quantitative estimate of drug-likeness (QED) is 0.830. The van der Waals surface area contributed by atoms with E-state index >= 15 is 0 Å². The molecule has 0 saturated heterocycles. The molecule has 104 valence electrons. The van der Waals surface area contributed by atoms with E-state index in [-0.39, 0.29) is 18.4 Å². The van der Waals surface area contributed by atoms with Gasteiger partial charge in [-0.3, -0.25) is 10.1 Å². The average Bonchev–Trinajstić information content (AvgIpc) is 3.09. The number of rotatable bonds is 6. The van der Waals surface area contributed by atoms with Gasteiger partial charge in [0.2, 0.25) is 0 Å². The fraction of sp³-hybridized carbons (Fsp3) is 0.462. The van der Waals surface area contributed by atoms with Gasteiger partial charge in [0.1, 0.15) is 29.5 Å². The summed E-state index contributed by atoms with van der Waals surface area (Å²) >= 11 is 0. The minimum absolute atomic E-state index is 0.0254. The van der Waals surface area contributed by atoms with Crippen molar-refractivity contribution in [3.8, 4) is 5.75 Å². The van der Waals surface area contributed by atoms with E-state index < -0.39 is 23.1 Å². The van der Waals surface area contributed by atoms with Gasteiger partial charge in [0.25, 0.3) is 0 Å². The number of halogens is 2. The van der Waals surface area contributed by atoms with Crippen molar-refractivity contribution in [2.24, 2.45) is 0 Å². The fourth-order valence-corrected chi connectivity index (χ4v) is 1.68. The van der Waals surface area contributed by atoms with E-state index in [9.17, 15) is 18.7 Å². The largest absolute Gasteiger partial charge is 0.491 e. The number of nitrogens with one attached hydrogen (secondary N) is 1. The molecule has 4 nitrogen and oxygen atoms in total. The highest BCUT2D eigenvalue weighted by Gasteiger charge is 2.39. The molecule has 0 amide bonds. The summed E-state index contributed by atoms with van der Waals surface area (Å²) in [5.74, 6) is -2.61. The first-order chi connectivity index (χ1) is 8.89. The molecule has 1 saturated carbocycles. The lowest BCUT2D eigenvalue weighted by Gasteiger charge is -2.26. The Morgan fingerprint density at radius 3 is 2.47 bits per heavy atom. The van der Waals surface area contributed by atoms with E-state index in [0.29, 0.717) is 0 Å². The molecule has 0 radical (unpaired) electrons. The van der Waals surface area contributed by atoms with Gasteiger partial charge in [-0.15, -0.1) is 0 Å². The van der Waals surface area contributed by atoms with Crippen molar-refractivity contribution in [1.29, 1.82) is 0 Å². The van der Waals surface area contributed by atoms with E-state index in [2.05, 4.69) is 5.32 Å². The Bertz CT molecular complexity index is 471. The molecule has 0 heterocycles. The molecule has 0 aliphatic heterocycles. The summed E-state index contributed by atoms with van der Waals surface area (Å²) in [6.45, 7) is 1.28. The number of carboxylic acids is 1. The van der Waals surface area contributed by atoms with Gasteiger partial charge in [0.15, 0.2) is 0 Å². The van der Waals surface area contributed by atoms with Gasteiger partial charge >= 0.3 is 5.97 Å². The zero-order chi connectivity index (χ0) is 14.0. The van der Waals surface area contributed by atoms with Gasteiger partial charge in [-0.1, -0.05) is 0 Å². The first-order valence-electron chi connectivity index (χ1n) is 5.99. The van der Waals surface area contributed by atoms with Gasteiger partial charge in [-0.05, 0) is 19.8 Å². The summed E-state index contributed by atoms with van der Waals surface area (Å²) in [4.78, 5) is 11.2. The van der Waals surface area contributed by atoms with Crippen LogP contribution in [0.2, 0.25) is 0 Å². The first kappa shape index (κ1) is 13.7. The molecule has 1 fully saturated rings. The van der Waals surface area contributed by atoms with Crippen LogP contribution in [-0.2, 0) is 4.79 Å². The Balaban J connectivity index is 2.03. The summed E-state index contributed by atoms with van der Waals surface area (Å²) in [7, 11) is 0. The van der Waals surface area contributed by atoms with Crippen LogP contribution in [0.4, 0.5) is 8.78 Å². The standard InChI is InChI=1S/C13H15F2NO3/c1-13(12(17)18,16-10-2-3-10)7-19-11-5-8(14)4-9(15)6-11/h4-6,10,16H,2-3,7H2,1H3,(H,17,18). The number of ether oxygens (including phenoxy) is 1. The maximum absolute atomic E-state index is 13.0. The molecule has 1 unspecified atom stereocenters. The Kier molecular flexibility index (Phi) is 3.71. The van der Waals surface area contributed by atoms with Gasteiger partial charge in [-0.2, -0.15) is 0 Å². The van der Waals surface area contributed by atoms with E-state index in [1.807, 2.05) is 0 Å². The molecular weight excluding hydrogens is 256 g/mol. The lowest BCUT2D eigenvalue weighted by Crippen LogP contribution is -2.54. The van der Waals surface area contributed by atoms with E-state index in [4.69, 9.17) is 4.74 Å². The molecule has 0 bridgehead atoms. The van der Waals surface area contributed by atoms with Crippen molar-refractivity contribution in [3.63, 3.8) is 0 Å². The molecule has 1 aliphatic carbocycles. The van der Waals surface area contributed by atoms with E-state index in [0.717, 1.165) is 31.0 Å². The Morgan fingerprint density at radius 2 is 2.00 bits per heavy atom. The van der Waals surface area contributed by atoms with Gasteiger partial charge < -0.3 is 9.84 Å². The fourth-order valence-electron chi connectivity index (χ4n) is 1.68. The molecule has 1 aliphatic rings. The van der Waals surface area contributed by atoms with Crippen LogP contribution in [0, 0.1) is 11.6 Å². The number of benzene rings is 1. The number of carboxylic acid groups (broad SMARTS) is 1. The van der Waals surface area contributed by atoms with Crippen LogP contribution in [0.15, 0.2) is 18.2 Å². The van der Waals surface area contributed by atoms with E-state index in [1.54, 1.807) is 0 Å². The topological polar surface area (TPSA) is 58.6 Å². The van der Waals surface area contributed by atoms with Crippen molar-refractivity contribution < 1.29 is 23.4 Å². The summed E-state index contributed by atoms with van der Waals surface area (Å²) < 4.78 is 31.1. The molecule has 0 aromatic heterocycles. The third kappa shape index (κ3) is 3.64. The second-order valence-electron chi connectivity index (χ2n) is 4.95. The minimum Gasteiger partial charge on any atom is -0.491 e. The van der Waals surface area contributed by atoms with Crippen LogP contribution in [0.25, 0.3) is 0 Å². The third-order valence-electron chi connectivity index (χ3n) is 2.94. The Morgan fingerprint density at radius 1 is 1.42 bits per heavy atom. The van der Waals surface area contributed by atoms with Crippen molar-refractivity contribution in [3.05, 3.63) is 29.8 Å². The van der Waals surface area contributed by atoms with Crippen LogP contribution < -0.4 is 10.1 Å². The highest BCUT2D eigenvalue weighted by Crippen LogP contribution is 2.24. The van der Waals surface area contributed by atoms with Gasteiger partial charge in [-0.25, -0.2) is 8.78 Å². The second-order valence-corrected chi connectivity index (χ2v) is 4.95. The monoisotopic (exact) mass is 271 g/mol. The SMILES string of the molecule is CC(COc1cc(F)cc(F)c1)(NC1CC1)C(=O)O. The predicted octanol–water partition coefficient (Wildman–Crippen LogP) is 1.94. The molecule has 1 atom stereocenters. The lowest BCUT2D eigenvalue weighted by atomic mass is 10.0. The average molecular weight is 271 g/mol. The van der Waals surface area contributed by atoms with Crippen LogP contribution in [-0.4, -0.2) is 29.3 Å². The van der Waals surface area contributed by atoms with Crippen LogP contribution in [0.1, 0.15) is 19.8 Å². The summed E-state index contributed by atoms with van der Waals surface area (Å²) in [6, 6.07) is 2.94. The molecule has 19 heavy (non-hydrogen) atoms. The molecular formula is C13H15F2NO3. The third-order valence-corrected chi connectivity index (χ3v) is 2.94. The molecule has 1 aromatic rings. The minimum atomic E-state index is -1.27. The van der Waals surface area contributed by atoms with Gasteiger partial charge in [0.05, 0.1) is 0 Å². The van der Waals surface area contributed by atoms with Crippen molar-refractivity contribution in [2.45, 2.75) is 31.3 Å². The van der Waals surface area contributed by atoms with Crippen molar-refractivity contribution in [2.75, 3.05) is 6.61 Å². The number of hydrogen-bond acceptors (Lipinski definition) is 3. The maximum Gasteiger partial charge on any atom is 0.327 e. The molecule has 6 heteroatoms. The molecule has 2 N–H and O–H groups in total. The van der Waals surface area contributed by atoms with E-state index in [1.165, 1.54) is 6.92 Å². The zero-order valence-electron chi connectivity index (χ0n) is 10.5. The smallest absolute Gasteiger partial charge is 0.327 e. The molecule has 1 aromatic carbocycles. The highest BCUT2D eigenvalue weighted by atomic mass is 19.1. The number of aliphatic carboxylic acids is 1. The lowest BCUT2D eigenvalue weighted by molar-refractivity contribution is -0.145. The molecule has 2 rings (SSSR count).